The molecule has 3 heterocycles. The van der Waals surface area contributed by atoms with Crippen LogP contribution in [0.1, 0.15) is 5.56 Å². The van der Waals surface area contributed by atoms with E-state index >= 15 is 0 Å². The Morgan fingerprint density at radius 3 is 2.93 bits per heavy atom. The Morgan fingerprint density at radius 2 is 2.07 bits per heavy atom. The van der Waals surface area contributed by atoms with E-state index in [9.17, 15) is 0 Å². The molecule has 0 radical (unpaired) electrons. The Hall–Kier alpha value is -1.90. The summed E-state index contributed by atoms with van der Waals surface area (Å²) in [6.45, 7) is 2.03. The fourth-order valence-electron chi connectivity index (χ4n) is 1.87. The molecule has 0 saturated heterocycles. The molecule has 0 fully saturated rings. The number of aryl methyl sites for hydroxylation is 1. The molecule has 0 aliphatic heterocycles. The largest absolute Gasteiger partial charge is 0.385 e. The standard InChI is InChI=1S/C11H11N3/c1-8-6-10-13-5-3-2-4-9(13)7-14(10)11(8)12/h2-7H,12H2,1H3. The topological polar surface area (TPSA) is 34.8 Å². The first-order valence-corrected chi connectivity index (χ1v) is 4.60. The lowest BCUT2D eigenvalue weighted by atomic mass is 10.3. The first-order chi connectivity index (χ1) is 6.77. The minimum absolute atomic E-state index is 0.823. The molecule has 3 aromatic rings. The van der Waals surface area contributed by atoms with Crippen molar-refractivity contribution in [3.63, 3.8) is 0 Å². The second kappa shape index (κ2) is 2.32. The van der Waals surface area contributed by atoms with Gasteiger partial charge in [0.2, 0.25) is 0 Å². The number of hydrogen-bond donors (Lipinski definition) is 1. The van der Waals surface area contributed by atoms with E-state index in [1.54, 1.807) is 0 Å². The third-order valence-corrected chi connectivity index (χ3v) is 2.66. The van der Waals surface area contributed by atoms with Crippen molar-refractivity contribution in [3.8, 4) is 0 Å². The number of aromatic nitrogens is 2. The monoisotopic (exact) mass is 185 g/mol. The van der Waals surface area contributed by atoms with E-state index in [2.05, 4.69) is 22.7 Å². The number of nitrogen functional groups attached to an aromatic ring is 1. The lowest BCUT2D eigenvalue weighted by molar-refractivity contribution is 1.18. The van der Waals surface area contributed by atoms with Crippen LogP contribution in [0.15, 0.2) is 36.7 Å². The quantitative estimate of drug-likeness (QED) is 0.571. The second-order valence-corrected chi connectivity index (χ2v) is 3.57. The van der Waals surface area contributed by atoms with Crippen molar-refractivity contribution >= 4 is 17.0 Å². The highest BCUT2D eigenvalue weighted by atomic mass is 15.1. The summed E-state index contributed by atoms with van der Waals surface area (Å²) in [6.07, 6.45) is 4.10. The summed E-state index contributed by atoms with van der Waals surface area (Å²) in [6, 6.07) is 8.22. The van der Waals surface area contributed by atoms with Crippen LogP contribution >= 0.6 is 0 Å². The van der Waals surface area contributed by atoms with Crippen LogP contribution in [0.25, 0.3) is 11.2 Å². The molecule has 2 N–H and O–H groups in total. The molecule has 3 heteroatoms. The van der Waals surface area contributed by atoms with E-state index in [0.717, 1.165) is 22.5 Å². The lowest BCUT2D eigenvalue weighted by Gasteiger charge is -1.90. The molecule has 0 bridgehead atoms. The highest BCUT2D eigenvalue weighted by Crippen LogP contribution is 2.20. The zero-order chi connectivity index (χ0) is 9.71. The average molecular weight is 185 g/mol. The van der Waals surface area contributed by atoms with Crippen LogP contribution in [0.2, 0.25) is 0 Å². The van der Waals surface area contributed by atoms with Crippen LogP contribution in [0.3, 0.4) is 0 Å². The minimum Gasteiger partial charge on any atom is -0.385 e. The fourth-order valence-corrected chi connectivity index (χ4v) is 1.87. The number of rotatable bonds is 0. The molecule has 0 spiro atoms. The third-order valence-electron chi connectivity index (χ3n) is 2.66. The van der Waals surface area contributed by atoms with Crippen LogP contribution < -0.4 is 5.73 Å². The summed E-state index contributed by atoms with van der Waals surface area (Å²) in [5.41, 5.74) is 9.36. The minimum atomic E-state index is 0.823. The van der Waals surface area contributed by atoms with E-state index < -0.39 is 0 Å². The van der Waals surface area contributed by atoms with Crippen LogP contribution in [0.5, 0.6) is 0 Å². The molecule has 0 aliphatic rings. The van der Waals surface area contributed by atoms with Gasteiger partial charge in [-0.25, -0.2) is 0 Å². The Kier molecular flexibility index (Phi) is 1.24. The van der Waals surface area contributed by atoms with Crippen LogP contribution in [0, 0.1) is 6.92 Å². The molecule has 0 atom stereocenters. The highest BCUT2D eigenvalue weighted by molar-refractivity contribution is 5.65. The predicted octanol–water partition coefficient (Wildman–Crippen LogP) is 2.08. The van der Waals surface area contributed by atoms with Crippen molar-refractivity contribution in [1.29, 1.82) is 0 Å². The van der Waals surface area contributed by atoms with E-state index in [-0.39, 0.29) is 0 Å². The van der Waals surface area contributed by atoms with E-state index in [4.69, 9.17) is 5.73 Å². The summed E-state index contributed by atoms with van der Waals surface area (Å²) in [5.74, 6) is 0.823. The number of nitrogens with zero attached hydrogens (tertiary/aromatic N) is 2. The van der Waals surface area contributed by atoms with Crippen molar-refractivity contribution in [1.82, 2.24) is 8.80 Å². The number of fused-ring (bicyclic) bond motifs is 3. The molecule has 0 amide bonds. The summed E-state index contributed by atoms with van der Waals surface area (Å²) in [4.78, 5) is 0. The zero-order valence-corrected chi connectivity index (χ0v) is 7.94. The number of anilines is 1. The first-order valence-electron chi connectivity index (χ1n) is 4.60. The Bertz CT molecular complexity index is 616. The third kappa shape index (κ3) is 0.763. The van der Waals surface area contributed by atoms with Gasteiger partial charge >= 0.3 is 0 Å². The molecule has 3 rings (SSSR count). The van der Waals surface area contributed by atoms with Gasteiger partial charge in [0.05, 0.1) is 5.52 Å². The Balaban J connectivity index is 2.60. The molecule has 0 unspecified atom stereocenters. The molecule has 3 nitrogen and oxygen atoms in total. The number of hydrogen-bond acceptors (Lipinski definition) is 1. The van der Waals surface area contributed by atoms with Gasteiger partial charge < -0.3 is 10.1 Å². The van der Waals surface area contributed by atoms with Gasteiger partial charge in [0, 0.05) is 12.4 Å². The molecular formula is C11H11N3. The first kappa shape index (κ1) is 7.50. The van der Waals surface area contributed by atoms with Gasteiger partial charge in [-0.1, -0.05) is 6.07 Å². The summed E-state index contributed by atoms with van der Waals surface area (Å²) in [7, 11) is 0. The van der Waals surface area contributed by atoms with Gasteiger partial charge in [-0.3, -0.25) is 4.40 Å². The van der Waals surface area contributed by atoms with Gasteiger partial charge in [0.25, 0.3) is 0 Å². The second-order valence-electron chi connectivity index (χ2n) is 3.57. The Labute approximate surface area is 81.4 Å². The molecule has 70 valence electrons. The van der Waals surface area contributed by atoms with Crippen molar-refractivity contribution in [3.05, 3.63) is 42.2 Å². The summed E-state index contributed by atoms with van der Waals surface area (Å²) >= 11 is 0. The van der Waals surface area contributed by atoms with Crippen LogP contribution in [-0.4, -0.2) is 8.80 Å². The average Bonchev–Trinajstić information content (AvgIpc) is 2.67. The summed E-state index contributed by atoms with van der Waals surface area (Å²) < 4.78 is 4.15. The fraction of sp³-hybridized carbons (Fsp3) is 0.0909. The molecule has 0 aromatic carbocycles. The predicted molar refractivity (Wildman–Crippen MR) is 57.5 cm³/mol. The van der Waals surface area contributed by atoms with E-state index in [0.29, 0.717) is 0 Å². The van der Waals surface area contributed by atoms with Crippen LogP contribution in [-0.2, 0) is 0 Å². The van der Waals surface area contributed by atoms with Crippen molar-refractivity contribution < 1.29 is 0 Å². The normalized spacial score (nSPS) is 11.5. The van der Waals surface area contributed by atoms with Gasteiger partial charge in [-0.2, -0.15) is 0 Å². The molecule has 0 aliphatic carbocycles. The summed E-state index contributed by atoms with van der Waals surface area (Å²) in [5, 5.41) is 0. The molecule has 14 heavy (non-hydrogen) atoms. The van der Waals surface area contributed by atoms with E-state index in [1.165, 1.54) is 0 Å². The van der Waals surface area contributed by atoms with E-state index in [1.807, 2.05) is 29.7 Å². The lowest BCUT2D eigenvalue weighted by Crippen LogP contribution is -1.90. The van der Waals surface area contributed by atoms with Crippen molar-refractivity contribution in [2.24, 2.45) is 0 Å². The SMILES string of the molecule is Cc1cc2n(cc3ccccn32)c1N. The number of imidazole rings is 1. The van der Waals surface area contributed by atoms with Gasteiger partial charge in [-0.05, 0) is 30.7 Å². The van der Waals surface area contributed by atoms with Crippen molar-refractivity contribution in [2.45, 2.75) is 6.92 Å². The molecule has 3 aromatic heterocycles. The Morgan fingerprint density at radius 1 is 1.21 bits per heavy atom. The number of pyridine rings is 1. The number of nitrogens with two attached hydrogens (primary N) is 1. The smallest absolute Gasteiger partial charge is 0.123 e. The molecular weight excluding hydrogens is 174 g/mol. The highest BCUT2D eigenvalue weighted by Gasteiger charge is 2.07. The van der Waals surface area contributed by atoms with Gasteiger partial charge in [-0.15, -0.1) is 0 Å². The van der Waals surface area contributed by atoms with Gasteiger partial charge in [0.15, 0.2) is 0 Å². The van der Waals surface area contributed by atoms with Crippen LogP contribution in [0.4, 0.5) is 5.82 Å². The molecule has 0 saturated carbocycles. The maximum absolute atomic E-state index is 5.95. The maximum Gasteiger partial charge on any atom is 0.123 e. The zero-order valence-electron chi connectivity index (χ0n) is 7.94. The van der Waals surface area contributed by atoms with Gasteiger partial charge in [0.1, 0.15) is 11.5 Å². The maximum atomic E-state index is 5.95. The van der Waals surface area contributed by atoms with Crippen molar-refractivity contribution in [2.75, 3.05) is 5.73 Å².